The summed E-state index contributed by atoms with van der Waals surface area (Å²) < 4.78 is 7.59. The van der Waals surface area contributed by atoms with Gasteiger partial charge in [-0.1, -0.05) is 0 Å². The van der Waals surface area contributed by atoms with Gasteiger partial charge in [-0.3, -0.25) is 4.79 Å². The average Bonchev–Trinajstić information content (AvgIpc) is 3.04. The Morgan fingerprint density at radius 2 is 2.00 bits per heavy atom. The van der Waals surface area contributed by atoms with E-state index in [0.29, 0.717) is 11.4 Å². The van der Waals surface area contributed by atoms with Crippen LogP contribution in [0.1, 0.15) is 25.1 Å². The highest BCUT2D eigenvalue weighted by atomic mass is 16.5. The van der Waals surface area contributed by atoms with Crippen molar-refractivity contribution in [2.45, 2.75) is 27.7 Å². The highest BCUT2D eigenvalue weighted by Crippen LogP contribution is 2.23. The summed E-state index contributed by atoms with van der Waals surface area (Å²) in [5.41, 5.74) is 4.60. The first-order valence-electron chi connectivity index (χ1n) is 9.24. The molecule has 6 heteroatoms. The van der Waals surface area contributed by atoms with E-state index < -0.39 is 0 Å². The van der Waals surface area contributed by atoms with Crippen molar-refractivity contribution in [3.05, 3.63) is 54.0 Å². The summed E-state index contributed by atoms with van der Waals surface area (Å²) in [6.07, 6.45) is 3.83. The van der Waals surface area contributed by atoms with Gasteiger partial charge in [0, 0.05) is 36.9 Å². The van der Waals surface area contributed by atoms with Crippen LogP contribution in [0.3, 0.4) is 0 Å². The van der Waals surface area contributed by atoms with Gasteiger partial charge < -0.3 is 19.4 Å². The van der Waals surface area contributed by atoms with E-state index in [1.165, 1.54) is 0 Å². The largest absolute Gasteiger partial charge is 0.480 e. The number of hydrogen-bond donors (Lipinski definition) is 1. The third kappa shape index (κ3) is 4.22. The second-order valence-corrected chi connectivity index (χ2v) is 6.49. The van der Waals surface area contributed by atoms with Crippen molar-refractivity contribution in [3.8, 4) is 5.75 Å². The molecule has 0 saturated heterocycles. The minimum atomic E-state index is -0.195. The maximum absolute atomic E-state index is 12.3. The lowest BCUT2D eigenvalue weighted by molar-refractivity contribution is -0.118. The third-order valence-electron chi connectivity index (χ3n) is 4.54. The van der Waals surface area contributed by atoms with Gasteiger partial charge in [0.15, 0.2) is 18.0 Å². The van der Waals surface area contributed by atoms with Crippen LogP contribution in [-0.2, 0) is 4.79 Å². The Morgan fingerprint density at radius 3 is 2.70 bits per heavy atom. The maximum Gasteiger partial charge on any atom is 0.262 e. The van der Waals surface area contributed by atoms with Crippen molar-refractivity contribution in [1.29, 1.82) is 0 Å². The minimum Gasteiger partial charge on any atom is -0.480 e. The predicted molar refractivity (Wildman–Crippen MR) is 109 cm³/mol. The van der Waals surface area contributed by atoms with Crippen LogP contribution in [0.15, 0.2) is 42.7 Å². The first kappa shape index (κ1) is 18.8. The summed E-state index contributed by atoms with van der Waals surface area (Å²) >= 11 is 0. The molecule has 0 fully saturated rings. The monoisotopic (exact) mass is 366 g/mol. The zero-order valence-corrected chi connectivity index (χ0v) is 16.3. The molecule has 1 amide bonds. The number of imidazole rings is 1. The number of fused-ring (bicyclic) bond motifs is 1. The lowest BCUT2D eigenvalue weighted by Crippen LogP contribution is -2.23. The number of amides is 1. The molecular formula is C21H26N4O2. The molecule has 1 aromatic carbocycles. The summed E-state index contributed by atoms with van der Waals surface area (Å²) in [6, 6.07) is 9.76. The topological polar surface area (TPSA) is 58.9 Å². The second kappa shape index (κ2) is 8.12. The summed E-state index contributed by atoms with van der Waals surface area (Å²) in [4.78, 5) is 19.0. The van der Waals surface area contributed by atoms with Crippen LogP contribution in [0.4, 0.5) is 11.4 Å². The van der Waals surface area contributed by atoms with E-state index in [1.54, 1.807) is 0 Å². The van der Waals surface area contributed by atoms with Crippen LogP contribution < -0.4 is 15.0 Å². The van der Waals surface area contributed by atoms with Crippen molar-refractivity contribution < 1.29 is 9.53 Å². The van der Waals surface area contributed by atoms with Crippen molar-refractivity contribution in [3.63, 3.8) is 0 Å². The van der Waals surface area contributed by atoms with E-state index in [0.717, 1.165) is 35.7 Å². The molecule has 3 rings (SSSR count). The lowest BCUT2D eigenvalue weighted by Gasteiger charge is -2.22. The van der Waals surface area contributed by atoms with Crippen LogP contribution in [0, 0.1) is 13.8 Å². The van der Waals surface area contributed by atoms with Crippen molar-refractivity contribution in [2.75, 3.05) is 29.9 Å². The number of aryl methyl sites for hydroxylation is 2. The number of hydrogen-bond acceptors (Lipinski definition) is 4. The number of rotatable bonds is 7. The molecule has 0 aliphatic rings. The number of benzene rings is 1. The molecule has 0 atom stereocenters. The van der Waals surface area contributed by atoms with Crippen molar-refractivity contribution >= 4 is 22.9 Å². The second-order valence-electron chi connectivity index (χ2n) is 6.49. The SMILES string of the molecule is CCN(CC)c1ccc(NC(=O)COc2cccn3cc(C)nc23)c(C)c1. The van der Waals surface area contributed by atoms with Gasteiger partial charge in [-0.15, -0.1) is 0 Å². The smallest absolute Gasteiger partial charge is 0.262 e. The number of carbonyl (C=O) groups is 1. The standard InChI is InChI=1S/C21H26N4O2/c1-5-24(6-2)17-9-10-18(15(3)12-17)23-20(26)14-27-19-8-7-11-25-13-16(4)22-21(19)25/h7-13H,5-6,14H2,1-4H3,(H,23,26). The highest BCUT2D eigenvalue weighted by Gasteiger charge is 2.11. The van der Waals surface area contributed by atoms with Crippen LogP contribution >= 0.6 is 0 Å². The van der Waals surface area contributed by atoms with Crippen LogP contribution in [0.25, 0.3) is 5.65 Å². The first-order chi connectivity index (χ1) is 13.0. The zero-order chi connectivity index (χ0) is 19.4. The Kier molecular flexibility index (Phi) is 5.64. The molecule has 2 heterocycles. The van der Waals surface area contributed by atoms with Gasteiger partial charge in [0.2, 0.25) is 0 Å². The van der Waals surface area contributed by atoms with E-state index in [1.807, 2.05) is 54.9 Å². The van der Waals surface area contributed by atoms with E-state index in [-0.39, 0.29) is 12.5 Å². The Bertz CT molecular complexity index is 945. The maximum atomic E-state index is 12.3. The van der Waals surface area contributed by atoms with Gasteiger partial charge >= 0.3 is 0 Å². The van der Waals surface area contributed by atoms with Crippen LogP contribution in [0.5, 0.6) is 5.75 Å². The van der Waals surface area contributed by atoms with Crippen molar-refractivity contribution in [2.24, 2.45) is 0 Å². The first-order valence-corrected chi connectivity index (χ1v) is 9.24. The summed E-state index contributed by atoms with van der Waals surface area (Å²) in [5, 5.41) is 2.93. The van der Waals surface area contributed by atoms with Gasteiger partial charge in [0.05, 0.1) is 5.69 Å². The predicted octanol–water partition coefficient (Wildman–Crippen LogP) is 3.81. The number of anilines is 2. The molecule has 0 aliphatic carbocycles. The van der Waals surface area contributed by atoms with Gasteiger partial charge in [0.25, 0.3) is 5.91 Å². The van der Waals surface area contributed by atoms with Gasteiger partial charge in [-0.05, 0) is 63.6 Å². The molecule has 0 radical (unpaired) electrons. The lowest BCUT2D eigenvalue weighted by atomic mass is 10.1. The third-order valence-corrected chi connectivity index (χ3v) is 4.54. The molecule has 0 aliphatic heterocycles. The number of ether oxygens (including phenoxy) is 1. The zero-order valence-electron chi connectivity index (χ0n) is 16.3. The number of carbonyl (C=O) groups excluding carboxylic acids is 1. The molecule has 0 bridgehead atoms. The average molecular weight is 366 g/mol. The quantitative estimate of drug-likeness (QED) is 0.691. The Labute approximate surface area is 159 Å². The molecule has 2 aromatic heterocycles. The Hall–Kier alpha value is -3.02. The molecular weight excluding hydrogens is 340 g/mol. The van der Waals surface area contributed by atoms with Crippen LogP contribution in [-0.4, -0.2) is 35.0 Å². The normalized spacial score (nSPS) is 10.8. The number of nitrogens with zero attached hydrogens (tertiary/aromatic N) is 3. The van der Waals surface area contributed by atoms with E-state index in [9.17, 15) is 4.79 Å². The number of pyridine rings is 1. The molecule has 1 N–H and O–H groups in total. The molecule has 27 heavy (non-hydrogen) atoms. The number of nitrogens with one attached hydrogen (secondary N) is 1. The van der Waals surface area contributed by atoms with Crippen LogP contribution in [0.2, 0.25) is 0 Å². The summed E-state index contributed by atoms with van der Waals surface area (Å²) in [7, 11) is 0. The Morgan fingerprint density at radius 1 is 1.22 bits per heavy atom. The van der Waals surface area contributed by atoms with E-state index in [2.05, 4.69) is 35.1 Å². The molecule has 3 aromatic rings. The molecule has 0 spiro atoms. The van der Waals surface area contributed by atoms with Gasteiger partial charge in [-0.25, -0.2) is 4.98 Å². The van der Waals surface area contributed by atoms with E-state index >= 15 is 0 Å². The minimum absolute atomic E-state index is 0.0666. The Balaban J connectivity index is 1.65. The summed E-state index contributed by atoms with van der Waals surface area (Å²) in [5.74, 6) is 0.397. The van der Waals surface area contributed by atoms with E-state index in [4.69, 9.17) is 4.74 Å². The fourth-order valence-corrected chi connectivity index (χ4v) is 3.13. The van der Waals surface area contributed by atoms with Gasteiger partial charge in [-0.2, -0.15) is 0 Å². The highest BCUT2D eigenvalue weighted by molar-refractivity contribution is 5.93. The molecule has 142 valence electrons. The molecule has 0 saturated carbocycles. The van der Waals surface area contributed by atoms with Gasteiger partial charge in [0.1, 0.15) is 0 Å². The van der Waals surface area contributed by atoms with Crippen molar-refractivity contribution in [1.82, 2.24) is 9.38 Å². The molecule has 0 unspecified atom stereocenters. The number of aromatic nitrogens is 2. The fourth-order valence-electron chi connectivity index (χ4n) is 3.13. The fraction of sp³-hybridized carbons (Fsp3) is 0.333. The molecule has 6 nitrogen and oxygen atoms in total. The summed E-state index contributed by atoms with van der Waals surface area (Å²) in [6.45, 7) is 10.0.